The third-order valence-corrected chi connectivity index (χ3v) is 6.21. The van der Waals surface area contributed by atoms with E-state index >= 15 is 0 Å². The Labute approximate surface area is 173 Å². The van der Waals surface area contributed by atoms with Crippen molar-refractivity contribution >= 4 is 5.69 Å². The van der Waals surface area contributed by atoms with Gasteiger partial charge in [0.2, 0.25) is 0 Å². The van der Waals surface area contributed by atoms with Gasteiger partial charge in [0.25, 0.3) is 0 Å². The van der Waals surface area contributed by atoms with Crippen molar-refractivity contribution in [2.24, 2.45) is 0 Å². The second-order valence-corrected chi connectivity index (χ2v) is 8.19. The number of anilines is 1. The van der Waals surface area contributed by atoms with Gasteiger partial charge in [0.15, 0.2) is 0 Å². The number of aromatic nitrogens is 3. The highest BCUT2D eigenvalue weighted by molar-refractivity contribution is 5.49. The molecule has 0 radical (unpaired) electrons. The molecule has 0 atom stereocenters. The molecule has 3 aromatic rings. The van der Waals surface area contributed by atoms with Crippen LogP contribution in [0.25, 0.3) is 0 Å². The molecule has 0 aliphatic heterocycles. The van der Waals surface area contributed by atoms with Gasteiger partial charge >= 0.3 is 0 Å². The predicted molar refractivity (Wildman–Crippen MR) is 118 cm³/mol. The summed E-state index contributed by atoms with van der Waals surface area (Å²) in [5.41, 5.74) is 5.41. The molecule has 1 aromatic heterocycles. The standard InChI is InChI=1S/C25H30N4/c1-18-27-19(2)29-24(28-18)17-20-7-9-21(10-8-20)25(15-5-4-6-16-25)22-11-13-23(26-3)14-12-22/h7-14,26H,4-6,15-17H2,1-3H3. The Kier molecular flexibility index (Phi) is 5.61. The Balaban J connectivity index is 1.63. The maximum absolute atomic E-state index is 4.49. The molecule has 1 heterocycles. The van der Waals surface area contributed by atoms with Crippen LogP contribution in [0.15, 0.2) is 48.5 Å². The van der Waals surface area contributed by atoms with Crippen molar-refractivity contribution in [1.29, 1.82) is 0 Å². The molecular weight excluding hydrogens is 356 g/mol. The molecule has 0 unspecified atom stereocenters. The Morgan fingerprint density at radius 2 is 1.31 bits per heavy atom. The van der Waals surface area contributed by atoms with Gasteiger partial charge in [-0.3, -0.25) is 0 Å². The number of hydrogen-bond acceptors (Lipinski definition) is 4. The fourth-order valence-electron chi connectivity index (χ4n) is 4.74. The van der Waals surface area contributed by atoms with Crippen LogP contribution in [0.4, 0.5) is 5.69 Å². The average Bonchev–Trinajstić information content (AvgIpc) is 2.74. The van der Waals surface area contributed by atoms with E-state index in [2.05, 4.69) is 68.8 Å². The quantitative estimate of drug-likeness (QED) is 0.640. The number of hydrogen-bond donors (Lipinski definition) is 1. The Bertz CT molecular complexity index is 935. The summed E-state index contributed by atoms with van der Waals surface area (Å²) in [6.07, 6.45) is 7.10. The average molecular weight is 387 g/mol. The van der Waals surface area contributed by atoms with Crippen LogP contribution >= 0.6 is 0 Å². The maximum Gasteiger partial charge on any atom is 0.136 e. The maximum atomic E-state index is 4.49. The van der Waals surface area contributed by atoms with E-state index < -0.39 is 0 Å². The number of benzene rings is 2. The summed E-state index contributed by atoms with van der Waals surface area (Å²) in [5.74, 6) is 2.42. The van der Waals surface area contributed by atoms with Gasteiger partial charge in [-0.05, 0) is 55.5 Å². The summed E-state index contributed by atoms with van der Waals surface area (Å²) >= 11 is 0. The topological polar surface area (TPSA) is 50.7 Å². The summed E-state index contributed by atoms with van der Waals surface area (Å²) < 4.78 is 0. The van der Waals surface area contributed by atoms with Gasteiger partial charge in [-0.1, -0.05) is 55.7 Å². The van der Waals surface area contributed by atoms with Gasteiger partial charge in [0, 0.05) is 24.6 Å². The van der Waals surface area contributed by atoms with Crippen LogP contribution in [0.3, 0.4) is 0 Å². The zero-order chi connectivity index (χ0) is 20.3. The first-order chi connectivity index (χ1) is 14.1. The summed E-state index contributed by atoms with van der Waals surface area (Å²) in [4.78, 5) is 13.3. The SMILES string of the molecule is CNc1ccc(C2(c3ccc(Cc4nc(C)nc(C)n4)cc3)CCCCC2)cc1. The smallest absolute Gasteiger partial charge is 0.136 e. The lowest BCUT2D eigenvalue weighted by molar-refractivity contribution is 0.346. The fourth-order valence-corrected chi connectivity index (χ4v) is 4.74. The summed E-state index contributed by atoms with van der Waals surface area (Å²) in [6, 6.07) is 18.2. The molecule has 29 heavy (non-hydrogen) atoms. The van der Waals surface area contributed by atoms with Crippen LogP contribution in [-0.2, 0) is 11.8 Å². The van der Waals surface area contributed by atoms with Crippen LogP contribution in [0.5, 0.6) is 0 Å². The summed E-state index contributed by atoms with van der Waals surface area (Å²) in [5, 5.41) is 3.23. The fraction of sp³-hybridized carbons (Fsp3) is 0.400. The molecule has 4 rings (SSSR count). The molecule has 0 bridgehead atoms. The highest BCUT2D eigenvalue weighted by Gasteiger charge is 2.35. The van der Waals surface area contributed by atoms with E-state index in [0.717, 1.165) is 29.6 Å². The van der Waals surface area contributed by atoms with Crippen molar-refractivity contribution in [3.8, 4) is 0 Å². The van der Waals surface area contributed by atoms with Crippen molar-refractivity contribution in [3.63, 3.8) is 0 Å². The molecule has 4 heteroatoms. The monoisotopic (exact) mass is 386 g/mol. The highest BCUT2D eigenvalue weighted by Crippen LogP contribution is 2.45. The molecule has 1 fully saturated rings. The van der Waals surface area contributed by atoms with Gasteiger partial charge in [0.05, 0.1) is 0 Å². The van der Waals surface area contributed by atoms with Gasteiger partial charge in [-0.2, -0.15) is 0 Å². The van der Waals surface area contributed by atoms with Gasteiger partial charge in [-0.25, -0.2) is 15.0 Å². The number of nitrogens with zero attached hydrogens (tertiary/aromatic N) is 3. The molecule has 0 amide bonds. The second-order valence-electron chi connectivity index (χ2n) is 8.19. The van der Waals surface area contributed by atoms with Crippen LogP contribution in [0.1, 0.15) is 66.3 Å². The zero-order valence-electron chi connectivity index (χ0n) is 17.7. The van der Waals surface area contributed by atoms with Crippen molar-refractivity contribution in [1.82, 2.24) is 15.0 Å². The van der Waals surface area contributed by atoms with E-state index in [9.17, 15) is 0 Å². The molecule has 0 saturated heterocycles. The van der Waals surface area contributed by atoms with E-state index in [1.807, 2.05) is 20.9 Å². The number of rotatable bonds is 5. The molecule has 150 valence electrons. The molecule has 1 aliphatic carbocycles. The number of nitrogens with one attached hydrogen (secondary N) is 1. The van der Waals surface area contributed by atoms with Crippen molar-refractivity contribution in [2.75, 3.05) is 12.4 Å². The van der Waals surface area contributed by atoms with Gasteiger partial charge < -0.3 is 5.32 Å². The molecule has 0 spiro atoms. The molecular formula is C25H30N4. The normalized spacial score (nSPS) is 15.8. The van der Waals surface area contributed by atoms with Gasteiger partial charge in [-0.15, -0.1) is 0 Å². The van der Waals surface area contributed by atoms with Crippen molar-refractivity contribution < 1.29 is 0 Å². The number of aryl methyl sites for hydroxylation is 2. The molecule has 4 nitrogen and oxygen atoms in total. The first kappa shape index (κ1) is 19.6. The Hall–Kier alpha value is -2.75. The largest absolute Gasteiger partial charge is 0.388 e. The molecule has 1 N–H and O–H groups in total. The lowest BCUT2D eigenvalue weighted by Gasteiger charge is -2.39. The highest BCUT2D eigenvalue weighted by atomic mass is 15.0. The molecule has 2 aromatic carbocycles. The summed E-state index contributed by atoms with van der Waals surface area (Å²) in [7, 11) is 1.97. The van der Waals surface area contributed by atoms with Crippen LogP contribution in [0, 0.1) is 13.8 Å². The van der Waals surface area contributed by atoms with Crippen molar-refractivity contribution in [2.45, 2.75) is 57.8 Å². The third-order valence-electron chi connectivity index (χ3n) is 6.21. The summed E-state index contributed by atoms with van der Waals surface area (Å²) in [6.45, 7) is 3.85. The Morgan fingerprint density at radius 1 is 0.759 bits per heavy atom. The minimum atomic E-state index is 0.128. The lowest BCUT2D eigenvalue weighted by Crippen LogP contribution is -2.30. The van der Waals surface area contributed by atoms with Crippen LogP contribution in [0.2, 0.25) is 0 Å². The van der Waals surface area contributed by atoms with Crippen molar-refractivity contribution in [3.05, 3.63) is 82.7 Å². The van der Waals surface area contributed by atoms with E-state index in [4.69, 9.17) is 0 Å². The minimum Gasteiger partial charge on any atom is -0.388 e. The zero-order valence-corrected chi connectivity index (χ0v) is 17.7. The molecule has 1 saturated carbocycles. The van der Waals surface area contributed by atoms with E-state index in [1.165, 1.54) is 48.8 Å². The second kappa shape index (κ2) is 8.32. The molecule has 1 aliphatic rings. The van der Waals surface area contributed by atoms with E-state index in [1.54, 1.807) is 0 Å². The first-order valence-corrected chi connectivity index (χ1v) is 10.6. The van der Waals surface area contributed by atoms with Gasteiger partial charge in [0.1, 0.15) is 17.5 Å². The first-order valence-electron chi connectivity index (χ1n) is 10.6. The lowest BCUT2D eigenvalue weighted by atomic mass is 9.65. The van der Waals surface area contributed by atoms with Crippen LogP contribution in [-0.4, -0.2) is 22.0 Å². The van der Waals surface area contributed by atoms with Crippen LogP contribution < -0.4 is 5.32 Å². The Morgan fingerprint density at radius 3 is 1.86 bits per heavy atom. The minimum absolute atomic E-state index is 0.128. The predicted octanol–water partition coefficient (Wildman–Crippen LogP) is 5.37. The van der Waals surface area contributed by atoms with E-state index in [0.29, 0.717) is 0 Å². The van der Waals surface area contributed by atoms with E-state index in [-0.39, 0.29) is 5.41 Å². The third kappa shape index (κ3) is 4.16.